The van der Waals surface area contributed by atoms with E-state index in [1.165, 1.54) is 5.56 Å². The van der Waals surface area contributed by atoms with Gasteiger partial charge >= 0.3 is 5.91 Å². The standard InChI is InChI=1S/C24H19ClN2O3/c1-16-6-8-17(9-7-16)15-29-21-5-3-2-4-18(21)14-26-27-24(28)23-13-19-12-20(25)10-11-22(19)30-23/h2-14H,15H2,1H3,(H,27,28)/b26-14+. The molecule has 150 valence electrons. The number of hydrogen-bond donors (Lipinski definition) is 1. The summed E-state index contributed by atoms with van der Waals surface area (Å²) in [6, 6.07) is 22.5. The van der Waals surface area contributed by atoms with Gasteiger partial charge in [0, 0.05) is 16.0 Å². The van der Waals surface area contributed by atoms with Crippen LogP contribution in [0.3, 0.4) is 0 Å². The topological polar surface area (TPSA) is 63.8 Å². The van der Waals surface area contributed by atoms with Crippen LogP contribution in [0.25, 0.3) is 11.0 Å². The van der Waals surface area contributed by atoms with Gasteiger partial charge < -0.3 is 9.15 Å². The molecular weight excluding hydrogens is 400 g/mol. The highest BCUT2D eigenvalue weighted by atomic mass is 35.5. The number of carbonyl (C=O) groups is 1. The summed E-state index contributed by atoms with van der Waals surface area (Å²) in [7, 11) is 0. The lowest BCUT2D eigenvalue weighted by Gasteiger charge is -2.09. The van der Waals surface area contributed by atoms with Gasteiger partial charge in [0.25, 0.3) is 0 Å². The maximum absolute atomic E-state index is 12.3. The average Bonchev–Trinajstić information content (AvgIpc) is 3.17. The van der Waals surface area contributed by atoms with Crippen LogP contribution in [0, 0.1) is 6.92 Å². The van der Waals surface area contributed by atoms with Crippen LogP contribution < -0.4 is 10.2 Å². The number of nitrogens with one attached hydrogen (secondary N) is 1. The number of hydrogen-bond acceptors (Lipinski definition) is 4. The molecule has 6 heteroatoms. The van der Waals surface area contributed by atoms with E-state index in [0.717, 1.165) is 16.5 Å². The molecule has 4 rings (SSSR count). The number of hydrazone groups is 1. The summed E-state index contributed by atoms with van der Waals surface area (Å²) >= 11 is 5.97. The summed E-state index contributed by atoms with van der Waals surface area (Å²) in [6.07, 6.45) is 1.54. The van der Waals surface area contributed by atoms with Crippen LogP contribution in [0.15, 0.2) is 82.3 Å². The molecule has 0 fully saturated rings. The quantitative estimate of drug-likeness (QED) is 0.321. The van der Waals surface area contributed by atoms with Crippen molar-refractivity contribution in [3.63, 3.8) is 0 Å². The molecule has 0 saturated carbocycles. The molecule has 1 aromatic heterocycles. The molecule has 0 aliphatic carbocycles. The van der Waals surface area contributed by atoms with Crippen LogP contribution in [0.5, 0.6) is 5.75 Å². The van der Waals surface area contributed by atoms with Crippen molar-refractivity contribution in [1.82, 2.24) is 5.43 Å². The third-order valence-corrected chi connectivity index (χ3v) is 4.74. The van der Waals surface area contributed by atoms with Gasteiger partial charge in [-0.3, -0.25) is 4.79 Å². The van der Waals surface area contributed by atoms with E-state index in [2.05, 4.69) is 10.5 Å². The first-order valence-corrected chi connectivity index (χ1v) is 9.76. The van der Waals surface area contributed by atoms with Crippen LogP contribution in [-0.4, -0.2) is 12.1 Å². The molecule has 0 atom stereocenters. The molecule has 0 unspecified atom stereocenters. The predicted octanol–water partition coefficient (Wildman–Crippen LogP) is 5.74. The van der Waals surface area contributed by atoms with Gasteiger partial charge in [0.05, 0.1) is 6.21 Å². The van der Waals surface area contributed by atoms with Gasteiger partial charge in [-0.1, -0.05) is 53.6 Å². The lowest BCUT2D eigenvalue weighted by molar-refractivity contribution is 0.0929. The Balaban J connectivity index is 1.42. The number of benzene rings is 3. The van der Waals surface area contributed by atoms with Crippen molar-refractivity contribution in [1.29, 1.82) is 0 Å². The zero-order chi connectivity index (χ0) is 20.9. The number of furan rings is 1. The van der Waals surface area contributed by atoms with E-state index in [0.29, 0.717) is 23.0 Å². The van der Waals surface area contributed by atoms with Crippen molar-refractivity contribution in [2.45, 2.75) is 13.5 Å². The first-order valence-electron chi connectivity index (χ1n) is 9.38. The molecule has 0 spiro atoms. The summed E-state index contributed by atoms with van der Waals surface area (Å²) in [5, 5.41) is 5.38. The third kappa shape index (κ3) is 4.70. The second-order valence-electron chi connectivity index (χ2n) is 6.80. The van der Waals surface area contributed by atoms with Crippen molar-refractivity contribution in [3.8, 4) is 5.75 Å². The zero-order valence-electron chi connectivity index (χ0n) is 16.3. The number of amides is 1. The summed E-state index contributed by atoms with van der Waals surface area (Å²) < 4.78 is 11.5. The third-order valence-electron chi connectivity index (χ3n) is 4.51. The fourth-order valence-electron chi connectivity index (χ4n) is 2.91. The maximum atomic E-state index is 12.3. The lowest BCUT2D eigenvalue weighted by atomic mass is 10.1. The molecule has 30 heavy (non-hydrogen) atoms. The summed E-state index contributed by atoms with van der Waals surface area (Å²) in [5.74, 6) is 0.388. The van der Waals surface area contributed by atoms with Crippen LogP contribution >= 0.6 is 11.6 Å². The minimum absolute atomic E-state index is 0.160. The van der Waals surface area contributed by atoms with E-state index >= 15 is 0 Å². The second-order valence-corrected chi connectivity index (χ2v) is 7.24. The molecule has 3 aromatic carbocycles. The molecule has 1 amide bonds. The van der Waals surface area contributed by atoms with Crippen LogP contribution in [0.1, 0.15) is 27.2 Å². The van der Waals surface area contributed by atoms with Crippen molar-refractivity contribution in [3.05, 3.63) is 100 Å². The molecule has 1 heterocycles. The summed E-state index contributed by atoms with van der Waals surface area (Å²) in [6.45, 7) is 2.49. The molecule has 0 aliphatic heterocycles. The highest BCUT2D eigenvalue weighted by molar-refractivity contribution is 6.31. The average molecular weight is 419 g/mol. The first kappa shape index (κ1) is 19.7. The van der Waals surface area contributed by atoms with E-state index in [-0.39, 0.29) is 5.76 Å². The number of fused-ring (bicyclic) bond motifs is 1. The smallest absolute Gasteiger partial charge is 0.307 e. The number of ether oxygens (including phenoxy) is 1. The second kappa shape index (κ2) is 8.84. The SMILES string of the molecule is Cc1ccc(COc2ccccc2/C=N/NC(=O)c2cc3cc(Cl)ccc3o2)cc1. The number of para-hydroxylation sites is 1. The fraction of sp³-hybridized carbons (Fsp3) is 0.0833. The van der Waals surface area contributed by atoms with E-state index in [1.54, 1.807) is 30.5 Å². The molecule has 0 saturated heterocycles. The molecule has 5 nitrogen and oxygen atoms in total. The Labute approximate surface area is 178 Å². The number of aryl methyl sites for hydroxylation is 1. The van der Waals surface area contributed by atoms with Gasteiger partial charge in [-0.25, -0.2) is 5.43 Å². The molecular formula is C24H19ClN2O3. The number of nitrogens with zero attached hydrogens (tertiary/aromatic N) is 1. The minimum atomic E-state index is -0.448. The Morgan fingerprint density at radius 2 is 1.90 bits per heavy atom. The van der Waals surface area contributed by atoms with Crippen LogP contribution in [0.2, 0.25) is 5.02 Å². The number of halogens is 1. The molecule has 0 radical (unpaired) electrons. The molecule has 1 N–H and O–H groups in total. The van der Waals surface area contributed by atoms with Crippen LogP contribution in [-0.2, 0) is 6.61 Å². The van der Waals surface area contributed by atoms with Crippen molar-refractivity contribution < 1.29 is 13.9 Å². The van der Waals surface area contributed by atoms with Crippen molar-refractivity contribution >= 4 is 34.7 Å². The lowest BCUT2D eigenvalue weighted by Crippen LogP contribution is -2.16. The number of rotatable bonds is 6. The summed E-state index contributed by atoms with van der Waals surface area (Å²) in [5.41, 5.74) is 6.09. The first-order chi connectivity index (χ1) is 14.6. The largest absolute Gasteiger partial charge is 0.488 e. The van der Waals surface area contributed by atoms with Gasteiger partial charge in [-0.2, -0.15) is 5.10 Å². The minimum Gasteiger partial charge on any atom is -0.488 e. The van der Waals surface area contributed by atoms with Gasteiger partial charge in [0.2, 0.25) is 0 Å². The van der Waals surface area contributed by atoms with Gasteiger partial charge in [-0.05, 0) is 48.9 Å². The van der Waals surface area contributed by atoms with Gasteiger partial charge in [0.1, 0.15) is 17.9 Å². The van der Waals surface area contributed by atoms with E-state index in [1.807, 2.05) is 55.5 Å². The highest BCUT2D eigenvalue weighted by Gasteiger charge is 2.12. The number of carbonyl (C=O) groups excluding carboxylic acids is 1. The Bertz CT molecular complexity index is 1210. The maximum Gasteiger partial charge on any atom is 0.307 e. The van der Waals surface area contributed by atoms with E-state index < -0.39 is 5.91 Å². The zero-order valence-corrected chi connectivity index (χ0v) is 17.0. The fourth-order valence-corrected chi connectivity index (χ4v) is 3.09. The van der Waals surface area contributed by atoms with Gasteiger partial charge in [0.15, 0.2) is 5.76 Å². The van der Waals surface area contributed by atoms with E-state index in [9.17, 15) is 4.79 Å². The van der Waals surface area contributed by atoms with Gasteiger partial charge in [-0.15, -0.1) is 0 Å². The molecule has 4 aromatic rings. The Kier molecular flexibility index (Phi) is 5.82. The summed E-state index contributed by atoms with van der Waals surface area (Å²) in [4.78, 5) is 12.3. The van der Waals surface area contributed by atoms with Crippen molar-refractivity contribution in [2.75, 3.05) is 0 Å². The van der Waals surface area contributed by atoms with E-state index in [4.69, 9.17) is 20.8 Å². The Morgan fingerprint density at radius 1 is 1.10 bits per heavy atom. The molecule has 0 aliphatic rings. The predicted molar refractivity (Wildman–Crippen MR) is 118 cm³/mol. The Hall–Kier alpha value is -3.57. The van der Waals surface area contributed by atoms with Crippen LogP contribution in [0.4, 0.5) is 0 Å². The Morgan fingerprint density at radius 3 is 2.73 bits per heavy atom. The van der Waals surface area contributed by atoms with Crippen molar-refractivity contribution in [2.24, 2.45) is 5.10 Å². The normalized spacial score (nSPS) is 11.1. The molecule has 0 bridgehead atoms. The monoisotopic (exact) mass is 418 g/mol. The highest BCUT2D eigenvalue weighted by Crippen LogP contribution is 2.23.